The van der Waals surface area contributed by atoms with Gasteiger partial charge < -0.3 is 0 Å². The van der Waals surface area contributed by atoms with Crippen molar-refractivity contribution in [3.8, 4) is 0 Å². The minimum Gasteiger partial charge on any atom is -0.269 e. The van der Waals surface area contributed by atoms with E-state index < -0.39 is 0 Å². The number of unbranched alkanes of at least 4 members (excludes halogenated alkanes) is 3. The number of para-hydroxylation sites is 1. The minimum atomic E-state index is 1.07. The van der Waals surface area contributed by atoms with Gasteiger partial charge in [-0.3, -0.25) is 5.01 Å². The first-order chi connectivity index (χ1) is 7.34. The highest BCUT2D eigenvalue weighted by atomic mass is 15.4. The zero-order valence-electron chi connectivity index (χ0n) is 9.69. The number of benzene rings is 1. The molecule has 15 heavy (non-hydrogen) atoms. The third-order valence-electron chi connectivity index (χ3n) is 2.32. The molecule has 0 aliphatic heterocycles. The van der Waals surface area contributed by atoms with E-state index in [0.29, 0.717) is 0 Å². The Kier molecular flexibility index (Phi) is 5.52. The number of hydrogen-bond acceptors (Lipinski definition) is 2. The van der Waals surface area contributed by atoms with E-state index in [9.17, 15) is 0 Å². The fraction of sp³-hybridized carbons (Fsp3) is 0.462. The lowest BCUT2D eigenvalue weighted by molar-refractivity contribution is 0.744. The highest BCUT2D eigenvalue weighted by Gasteiger charge is 1.94. The molecule has 0 amide bonds. The van der Waals surface area contributed by atoms with Crippen LogP contribution in [0.25, 0.3) is 0 Å². The Labute approximate surface area is 92.6 Å². The molecule has 2 heteroatoms. The van der Waals surface area contributed by atoms with Crippen molar-refractivity contribution in [2.24, 2.45) is 5.10 Å². The Morgan fingerprint density at radius 2 is 1.93 bits per heavy atom. The summed E-state index contributed by atoms with van der Waals surface area (Å²) in [5.41, 5.74) is 1.13. The first-order valence-electron chi connectivity index (χ1n) is 5.66. The van der Waals surface area contributed by atoms with Gasteiger partial charge in [0.05, 0.1) is 5.69 Å². The van der Waals surface area contributed by atoms with Crippen molar-refractivity contribution in [2.75, 3.05) is 12.1 Å². The van der Waals surface area contributed by atoms with Crippen LogP contribution in [-0.4, -0.2) is 13.3 Å². The second-order valence-electron chi connectivity index (χ2n) is 3.65. The number of nitrogens with zero attached hydrogens (tertiary/aromatic N) is 2. The summed E-state index contributed by atoms with van der Waals surface area (Å²) in [4.78, 5) is 0. The molecule has 0 heterocycles. The van der Waals surface area contributed by atoms with E-state index in [1.165, 1.54) is 19.3 Å². The molecule has 0 aromatic heterocycles. The molecule has 0 spiro atoms. The van der Waals surface area contributed by atoms with E-state index >= 15 is 0 Å². The van der Waals surface area contributed by atoms with Crippen LogP contribution >= 0.6 is 0 Å². The van der Waals surface area contributed by atoms with Crippen LogP contribution in [0.3, 0.4) is 0 Å². The molecule has 1 aromatic carbocycles. The lowest BCUT2D eigenvalue weighted by atomic mass is 10.2. The fourth-order valence-corrected chi connectivity index (χ4v) is 1.38. The molecule has 82 valence electrons. The standard InChI is InChI=1S/C13H20N2/c1-3-4-5-9-12-14-15(2)13-10-7-6-8-11-13/h6-8,10-12H,3-5,9H2,1-2H3/b14-12+. The summed E-state index contributed by atoms with van der Waals surface area (Å²) in [5, 5.41) is 6.28. The van der Waals surface area contributed by atoms with Crippen molar-refractivity contribution in [2.45, 2.75) is 32.6 Å². The largest absolute Gasteiger partial charge is 0.269 e. The first kappa shape index (κ1) is 11.8. The van der Waals surface area contributed by atoms with Crippen LogP contribution in [0.5, 0.6) is 0 Å². The fourth-order valence-electron chi connectivity index (χ4n) is 1.38. The van der Waals surface area contributed by atoms with Crippen molar-refractivity contribution < 1.29 is 0 Å². The van der Waals surface area contributed by atoms with Crippen molar-refractivity contribution in [1.82, 2.24) is 0 Å². The van der Waals surface area contributed by atoms with Gasteiger partial charge in [-0.15, -0.1) is 0 Å². The van der Waals surface area contributed by atoms with Crippen molar-refractivity contribution in [3.05, 3.63) is 30.3 Å². The summed E-state index contributed by atoms with van der Waals surface area (Å²) in [5.74, 6) is 0. The molecule has 1 rings (SSSR count). The van der Waals surface area contributed by atoms with E-state index in [0.717, 1.165) is 12.1 Å². The maximum absolute atomic E-state index is 4.37. The molecule has 0 aliphatic rings. The highest BCUT2D eigenvalue weighted by molar-refractivity contribution is 5.60. The van der Waals surface area contributed by atoms with Gasteiger partial charge in [-0.1, -0.05) is 38.0 Å². The number of anilines is 1. The Morgan fingerprint density at radius 3 is 2.60 bits per heavy atom. The summed E-state index contributed by atoms with van der Waals surface area (Å²) in [6.07, 6.45) is 6.87. The number of hydrogen-bond donors (Lipinski definition) is 0. The van der Waals surface area contributed by atoms with Gasteiger partial charge in [0.25, 0.3) is 0 Å². The monoisotopic (exact) mass is 204 g/mol. The molecule has 2 nitrogen and oxygen atoms in total. The predicted molar refractivity (Wildman–Crippen MR) is 67.5 cm³/mol. The highest BCUT2D eigenvalue weighted by Crippen LogP contribution is 2.10. The zero-order valence-corrected chi connectivity index (χ0v) is 9.69. The van der Waals surface area contributed by atoms with E-state index in [2.05, 4.69) is 24.2 Å². The van der Waals surface area contributed by atoms with Gasteiger partial charge in [0.15, 0.2) is 0 Å². The van der Waals surface area contributed by atoms with E-state index in [1.54, 1.807) is 0 Å². The number of rotatable bonds is 6. The molecule has 0 fully saturated rings. The van der Waals surface area contributed by atoms with Crippen molar-refractivity contribution >= 4 is 11.9 Å². The normalized spacial score (nSPS) is 10.8. The Morgan fingerprint density at radius 1 is 1.20 bits per heavy atom. The molecule has 0 saturated carbocycles. The van der Waals surface area contributed by atoms with Gasteiger partial charge in [-0.05, 0) is 25.0 Å². The molecule has 0 aliphatic carbocycles. The average Bonchev–Trinajstić information content (AvgIpc) is 2.30. The third-order valence-corrected chi connectivity index (χ3v) is 2.32. The van der Waals surface area contributed by atoms with Crippen LogP contribution in [0.2, 0.25) is 0 Å². The van der Waals surface area contributed by atoms with E-state index in [1.807, 2.05) is 36.5 Å². The number of hydrazone groups is 1. The minimum absolute atomic E-state index is 1.07. The van der Waals surface area contributed by atoms with Crippen LogP contribution in [0.15, 0.2) is 35.4 Å². The second-order valence-corrected chi connectivity index (χ2v) is 3.65. The first-order valence-corrected chi connectivity index (χ1v) is 5.66. The lowest BCUT2D eigenvalue weighted by Gasteiger charge is -2.11. The van der Waals surface area contributed by atoms with Crippen LogP contribution in [0.4, 0.5) is 5.69 Å². The maximum atomic E-state index is 4.37. The zero-order chi connectivity index (χ0) is 10.9. The quantitative estimate of drug-likeness (QED) is 0.392. The third kappa shape index (κ3) is 4.63. The molecule has 0 radical (unpaired) electrons. The average molecular weight is 204 g/mol. The summed E-state index contributed by atoms with van der Waals surface area (Å²) in [6.45, 7) is 2.22. The summed E-state index contributed by atoms with van der Waals surface area (Å²) >= 11 is 0. The molecule has 0 saturated heterocycles. The molecule has 1 aromatic rings. The summed E-state index contributed by atoms with van der Waals surface area (Å²) in [7, 11) is 1.98. The van der Waals surface area contributed by atoms with Gasteiger partial charge >= 0.3 is 0 Å². The predicted octanol–water partition coefficient (Wildman–Crippen LogP) is 3.69. The maximum Gasteiger partial charge on any atom is 0.0590 e. The Hall–Kier alpha value is -1.31. The van der Waals surface area contributed by atoms with Gasteiger partial charge in [-0.2, -0.15) is 5.10 Å². The summed E-state index contributed by atoms with van der Waals surface area (Å²) in [6, 6.07) is 10.2. The Bertz CT molecular complexity index is 280. The van der Waals surface area contributed by atoms with E-state index in [-0.39, 0.29) is 0 Å². The summed E-state index contributed by atoms with van der Waals surface area (Å²) < 4.78 is 0. The van der Waals surface area contributed by atoms with Crippen LogP contribution < -0.4 is 5.01 Å². The van der Waals surface area contributed by atoms with Gasteiger partial charge in [0, 0.05) is 13.3 Å². The second kappa shape index (κ2) is 7.04. The van der Waals surface area contributed by atoms with Gasteiger partial charge in [-0.25, -0.2) is 0 Å². The molecule has 0 N–H and O–H groups in total. The van der Waals surface area contributed by atoms with Crippen molar-refractivity contribution in [3.63, 3.8) is 0 Å². The molecule has 0 unspecified atom stereocenters. The molecule has 0 bridgehead atoms. The molecular formula is C13H20N2. The SMILES string of the molecule is CCCCC/C=N/N(C)c1ccccc1. The smallest absolute Gasteiger partial charge is 0.0590 e. The topological polar surface area (TPSA) is 15.6 Å². The van der Waals surface area contributed by atoms with Crippen molar-refractivity contribution in [1.29, 1.82) is 0 Å². The van der Waals surface area contributed by atoms with Crippen LogP contribution in [0, 0.1) is 0 Å². The van der Waals surface area contributed by atoms with Gasteiger partial charge in [0.1, 0.15) is 0 Å². The Balaban J connectivity index is 2.32. The van der Waals surface area contributed by atoms with E-state index in [4.69, 9.17) is 0 Å². The van der Waals surface area contributed by atoms with Crippen LogP contribution in [-0.2, 0) is 0 Å². The molecular weight excluding hydrogens is 184 g/mol. The van der Waals surface area contributed by atoms with Crippen LogP contribution in [0.1, 0.15) is 32.6 Å². The van der Waals surface area contributed by atoms with Gasteiger partial charge in [0.2, 0.25) is 0 Å². The lowest BCUT2D eigenvalue weighted by Crippen LogP contribution is -2.08. The molecule has 0 atom stereocenters.